The van der Waals surface area contributed by atoms with E-state index in [0.29, 0.717) is 17.0 Å². The van der Waals surface area contributed by atoms with Gasteiger partial charge in [-0.05, 0) is 18.2 Å². The highest BCUT2D eigenvalue weighted by Gasteiger charge is 2.22. The van der Waals surface area contributed by atoms with E-state index in [1.165, 1.54) is 5.75 Å². The Morgan fingerprint density at radius 2 is 2.44 bits per heavy atom. The molecule has 16 heavy (non-hydrogen) atoms. The van der Waals surface area contributed by atoms with Crippen LogP contribution in [-0.2, 0) is 0 Å². The van der Waals surface area contributed by atoms with Gasteiger partial charge in [-0.1, -0.05) is 11.6 Å². The number of hydrogen-bond donors (Lipinski definition) is 1. The van der Waals surface area contributed by atoms with Gasteiger partial charge in [-0.15, -0.1) is 0 Å². The first kappa shape index (κ1) is 10.2. The number of halogens is 1. The summed E-state index contributed by atoms with van der Waals surface area (Å²) in [7, 11) is 0. The van der Waals surface area contributed by atoms with Crippen molar-refractivity contribution in [2.75, 3.05) is 17.2 Å². The molecular formula is C10H11ClN4S. The molecule has 2 aromatic rings. The summed E-state index contributed by atoms with van der Waals surface area (Å²) in [5.41, 5.74) is 7.56. The highest BCUT2D eigenvalue weighted by atomic mass is 35.5. The van der Waals surface area contributed by atoms with Crippen molar-refractivity contribution in [1.82, 2.24) is 14.5 Å². The van der Waals surface area contributed by atoms with Gasteiger partial charge < -0.3 is 5.73 Å². The zero-order valence-corrected chi connectivity index (χ0v) is 10.1. The Hall–Kier alpha value is -0.940. The topological polar surface area (TPSA) is 56.7 Å². The number of pyridine rings is 1. The summed E-state index contributed by atoms with van der Waals surface area (Å²) in [5, 5.41) is 0.595. The van der Waals surface area contributed by atoms with E-state index in [0.717, 1.165) is 23.3 Å². The van der Waals surface area contributed by atoms with Crippen LogP contribution in [0.4, 0.5) is 5.95 Å². The molecule has 0 aliphatic carbocycles. The molecule has 3 rings (SSSR count). The summed E-state index contributed by atoms with van der Waals surface area (Å²) in [6.07, 6.45) is 2.77. The second kappa shape index (κ2) is 3.82. The predicted octanol–water partition coefficient (Wildman–Crippen LogP) is 2.34. The van der Waals surface area contributed by atoms with Crippen LogP contribution in [0.1, 0.15) is 12.5 Å². The van der Waals surface area contributed by atoms with Crippen molar-refractivity contribution < 1.29 is 0 Å². The number of anilines is 1. The maximum atomic E-state index is 5.94. The Bertz CT molecular complexity index is 533. The van der Waals surface area contributed by atoms with Gasteiger partial charge >= 0.3 is 0 Å². The Morgan fingerprint density at radius 3 is 3.19 bits per heavy atom. The van der Waals surface area contributed by atoms with Gasteiger partial charge in [-0.25, -0.2) is 9.97 Å². The Kier molecular flexibility index (Phi) is 2.44. The van der Waals surface area contributed by atoms with Gasteiger partial charge in [0, 0.05) is 18.0 Å². The van der Waals surface area contributed by atoms with Gasteiger partial charge in [0.1, 0.15) is 5.52 Å². The lowest BCUT2D eigenvalue weighted by Crippen LogP contribution is -2.11. The maximum absolute atomic E-state index is 5.94. The molecule has 4 nitrogen and oxygen atoms in total. The number of nitrogen functional groups attached to an aromatic ring is 1. The summed E-state index contributed by atoms with van der Waals surface area (Å²) in [4.78, 5) is 8.63. The van der Waals surface area contributed by atoms with E-state index in [2.05, 4.69) is 9.97 Å². The number of nitrogens with two attached hydrogens (primary N) is 1. The molecule has 2 aromatic heterocycles. The molecule has 1 aliphatic rings. The SMILES string of the molecule is Nc1nc2cc(Cl)cnc2n1C1CCSC1. The molecule has 0 bridgehead atoms. The molecule has 0 amide bonds. The fraction of sp³-hybridized carbons (Fsp3) is 0.400. The van der Waals surface area contributed by atoms with E-state index in [1.807, 2.05) is 16.3 Å². The van der Waals surface area contributed by atoms with Crippen molar-refractivity contribution in [3.8, 4) is 0 Å². The van der Waals surface area contributed by atoms with Gasteiger partial charge in [-0.3, -0.25) is 4.57 Å². The maximum Gasteiger partial charge on any atom is 0.202 e. The zero-order chi connectivity index (χ0) is 11.1. The molecule has 3 heterocycles. The zero-order valence-electron chi connectivity index (χ0n) is 8.56. The number of rotatable bonds is 1. The molecule has 0 saturated carbocycles. The van der Waals surface area contributed by atoms with Crippen molar-refractivity contribution in [1.29, 1.82) is 0 Å². The first-order valence-electron chi connectivity index (χ1n) is 5.12. The molecular weight excluding hydrogens is 244 g/mol. The summed E-state index contributed by atoms with van der Waals surface area (Å²) < 4.78 is 2.03. The average molecular weight is 255 g/mol. The Balaban J connectivity index is 2.18. The molecule has 1 aliphatic heterocycles. The Labute approximate surface area is 102 Å². The smallest absolute Gasteiger partial charge is 0.202 e. The summed E-state index contributed by atoms with van der Waals surface area (Å²) in [6.45, 7) is 0. The first-order chi connectivity index (χ1) is 7.75. The Morgan fingerprint density at radius 1 is 1.56 bits per heavy atom. The molecule has 0 aromatic carbocycles. The second-order valence-electron chi connectivity index (χ2n) is 3.85. The number of imidazole rings is 1. The van der Waals surface area contributed by atoms with Crippen molar-refractivity contribution in [3.63, 3.8) is 0 Å². The van der Waals surface area contributed by atoms with Crippen LogP contribution in [0.5, 0.6) is 0 Å². The van der Waals surface area contributed by atoms with Crippen molar-refractivity contribution in [2.24, 2.45) is 0 Å². The molecule has 0 spiro atoms. The largest absolute Gasteiger partial charge is 0.369 e. The number of nitrogens with zero attached hydrogens (tertiary/aromatic N) is 3. The van der Waals surface area contributed by atoms with Crippen LogP contribution < -0.4 is 5.73 Å². The second-order valence-corrected chi connectivity index (χ2v) is 5.44. The molecule has 1 saturated heterocycles. The predicted molar refractivity (Wildman–Crippen MR) is 67.9 cm³/mol. The van der Waals surface area contributed by atoms with Crippen molar-refractivity contribution in [3.05, 3.63) is 17.3 Å². The quantitative estimate of drug-likeness (QED) is 0.849. The van der Waals surface area contributed by atoms with Crippen LogP contribution in [0.2, 0.25) is 5.02 Å². The fourth-order valence-corrected chi connectivity index (χ4v) is 3.41. The first-order valence-corrected chi connectivity index (χ1v) is 6.65. The van der Waals surface area contributed by atoms with Gasteiger partial charge in [0.05, 0.1) is 5.02 Å². The minimum atomic E-state index is 0.420. The average Bonchev–Trinajstić information content (AvgIpc) is 2.83. The third-order valence-corrected chi connectivity index (χ3v) is 4.15. The van der Waals surface area contributed by atoms with E-state index < -0.39 is 0 Å². The molecule has 0 radical (unpaired) electrons. The van der Waals surface area contributed by atoms with Crippen LogP contribution in [0, 0.1) is 0 Å². The number of fused-ring (bicyclic) bond motifs is 1. The molecule has 6 heteroatoms. The minimum Gasteiger partial charge on any atom is -0.369 e. The monoisotopic (exact) mass is 254 g/mol. The van der Waals surface area contributed by atoms with Crippen LogP contribution in [0.25, 0.3) is 11.2 Å². The fourth-order valence-electron chi connectivity index (χ4n) is 2.06. The number of thioether (sulfide) groups is 1. The standard InChI is InChI=1S/C10H11ClN4S/c11-6-3-8-9(13-4-6)15(10(12)14-8)7-1-2-16-5-7/h3-4,7H,1-2,5H2,(H2,12,14). The third-order valence-electron chi connectivity index (χ3n) is 2.79. The molecule has 2 N–H and O–H groups in total. The van der Waals surface area contributed by atoms with E-state index in [4.69, 9.17) is 17.3 Å². The summed E-state index contributed by atoms with van der Waals surface area (Å²) in [5.74, 6) is 2.80. The van der Waals surface area contributed by atoms with Crippen LogP contribution in [-0.4, -0.2) is 26.0 Å². The highest BCUT2D eigenvalue weighted by Crippen LogP contribution is 2.32. The van der Waals surface area contributed by atoms with E-state index in [1.54, 1.807) is 12.3 Å². The van der Waals surface area contributed by atoms with Crippen molar-refractivity contribution >= 4 is 40.5 Å². The molecule has 1 unspecified atom stereocenters. The van der Waals surface area contributed by atoms with E-state index >= 15 is 0 Å². The normalized spacial score (nSPS) is 20.7. The van der Waals surface area contributed by atoms with Crippen molar-refractivity contribution in [2.45, 2.75) is 12.5 Å². The number of aromatic nitrogens is 3. The minimum absolute atomic E-state index is 0.420. The van der Waals surface area contributed by atoms with E-state index in [-0.39, 0.29) is 0 Å². The lowest BCUT2D eigenvalue weighted by atomic mass is 10.2. The third kappa shape index (κ3) is 1.55. The lowest BCUT2D eigenvalue weighted by molar-refractivity contribution is 0.579. The summed E-state index contributed by atoms with van der Waals surface area (Å²) >= 11 is 7.83. The molecule has 1 atom stereocenters. The summed E-state index contributed by atoms with van der Waals surface area (Å²) in [6, 6.07) is 2.22. The number of hydrogen-bond acceptors (Lipinski definition) is 4. The van der Waals surface area contributed by atoms with Crippen LogP contribution >= 0.6 is 23.4 Å². The van der Waals surface area contributed by atoms with Gasteiger partial charge in [0.25, 0.3) is 0 Å². The van der Waals surface area contributed by atoms with Gasteiger partial charge in [-0.2, -0.15) is 11.8 Å². The lowest BCUT2D eigenvalue weighted by Gasteiger charge is -2.12. The van der Waals surface area contributed by atoms with Crippen LogP contribution in [0.15, 0.2) is 12.3 Å². The highest BCUT2D eigenvalue weighted by molar-refractivity contribution is 7.99. The molecule has 84 valence electrons. The molecule has 1 fully saturated rings. The van der Waals surface area contributed by atoms with Gasteiger partial charge in [0.2, 0.25) is 5.95 Å². The van der Waals surface area contributed by atoms with Crippen LogP contribution in [0.3, 0.4) is 0 Å². The van der Waals surface area contributed by atoms with E-state index in [9.17, 15) is 0 Å². The van der Waals surface area contributed by atoms with Gasteiger partial charge in [0.15, 0.2) is 5.65 Å².